The Hall–Kier alpha value is -3.15. The number of amides is 2. The number of nitrogens with one attached hydrogen (secondary N) is 1. The van der Waals surface area contributed by atoms with E-state index in [1.165, 1.54) is 0 Å². The lowest BCUT2D eigenvalue weighted by atomic mass is 10.1. The highest BCUT2D eigenvalue weighted by Crippen LogP contribution is 2.24. The van der Waals surface area contributed by atoms with E-state index in [0.29, 0.717) is 17.7 Å². The van der Waals surface area contributed by atoms with E-state index < -0.39 is 5.97 Å². The van der Waals surface area contributed by atoms with Crippen LogP contribution in [0.1, 0.15) is 35.2 Å². The number of esters is 1. The fraction of sp³-hybridized carbons (Fsp3) is 0.286. The van der Waals surface area contributed by atoms with Crippen molar-refractivity contribution in [3.63, 3.8) is 0 Å². The molecular weight excluding hydrogens is 344 g/mol. The van der Waals surface area contributed by atoms with Gasteiger partial charge in [0.15, 0.2) is 0 Å². The Labute approximate surface area is 158 Å². The average Bonchev–Trinajstić information content (AvgIpc) is 3.08. The van der Waals surface area contributed by atoms with Crippen LogP contribution >= 0.6 is 0 Å². The maximum absolute atomic E-state index is 12.1. The molecule has 27 heavy (non-hydrogen) atoms. The molecule has 0 bridgehead atoms. The third-order valence-corrected chi connectivity index (χ3v) is 4.46. The van der Waals surface area contributed by atoms with Gasteiger partial charge in [-0.25, -0.2) is 0 Å². The normalized spacial score (nSPS) is 13.5. The summed E-state index contributed by atoms with van der Waals surface area (Å²) in [4.78, 5) is 37.5. The summed E-state index contributed by atoms with van der Waals surface area (Å²) in [6.07, 6.45) is 1.51. The van der Waals surface area contributed by atoms with Gasteiger partial charge in [0, 0.05) is 30.8 Å². The lowest BCUT2D eigenvalue weighted by Crippen LogP contribution is -2.27. The van der Waals surface area contributed by atoms with Gasteiger partial charge in [0.05, 0.1) is 6.42 Å². The van der Waals surface area contributed by atoms with Crippen molar-refractivity contribution in [3.8, 4) is 5.75 Å². The summed E-state index contributed by atoms with van der Waals surface area (Å²) < 4.78 is 5.28. The van der Waals surface area contributed by atoms with Gasteiger partial charge in [-0.1, -0.05) is 18.2 Å². The monoisotopic (exact) mass is 366 g/mol. The molecule has 0 unspecified atom stereocenters. The Balaban J connectivity index is 1.46. The van der Waals surface area contributed by atoms with Crippen molar-refractivity contribution in [2.45, 2.75) is 26.2 Å². The maximum atomic E-state index is 12.1. The largest absolute Gasteiger partial charge is 0.426 e. The van der Waals surface area contributed by atoms with Gasteiger partial charge >= 0.3 is 5.97 Å². The van der Waals surface area contributed by atoms with Gasteiger partial charge in [-0.05, 0) is 49.2 Å². The molecule has 0 aliphatic carbocycles. The molecule has 1 aliphatic rings. The number of ether oxygens (including phenoxy) is 1. The van der Waals surface area contributed by atoms with Crippen molar-refractivity contribution in [1.82, 2.24) is 5.32 Å². The summed E-state index contributed by atoms with van der Waals surface area (Å²) in [5.41, 5.74) is 2.29. The second-order valence-corrected chi connectivity index (χ2v) is 6.44. The number of hydrogen-bond acceptors (Lipinski definition) is 4. The fourth-order valence-corrected chi connectivity index (χ4v) is 3.00. The highest BCUT2D eigenvalue weighted by Gasteiger charge is 2.21. The number of carbonyl (C=O) groups excluding carboxylic acids is 3. The van der Waals surface area contributed by atoms with Gasteiger partial charge in [-0.15, -0.1) is 0 Å². The van der Waals surface area contributed by atoms with Crippen LogP contribution in [0.5, 0.6) is 5.75 Å². The average molecular weight is 366 g/mol. The lowest BCUT2D eigenvalue weighted by Gasteiger charge is -2.15. The van der Waals surface area contributed by atoms with Crippen molar-refractivity contribution in [2.75, 3.05) is 18.0 Å². The van der Waals surface area contributed by atoms with Gasteiger partial charge in [0.25, 0.3) is 5.91 Å². The molecule has 2 aromatic rings. The van der Waals surface area contributed by atoms with Gasteiger partial charge in [0.2, 0.25) is 5.91 Å². The number of benzene rings is 2. The minimum absolute atomic E-state index is 0.0734. The molecule has 1 aliphatic heterocycles. The summed E-state index contributed by atoms with van der Waals surface area (Å²) in [7, 11) is 0. The molecule has 2 aromatic carbocycles. The molecule has 1 fully saturated rings. The van der Waals surface area contributed by atoms with Crippen LogP contribution in [0, 0.1) is 6.92 Å². The third-order valence-electron chi connectivity index (χ3n) is 4.46. The zero-order valence-corrected chi connectivity index (χ0v) is 15.2. The van der Waals surface area contributed by atoms with Crippen LogP contribution in [-0.2, 0) is 9.59 Å². The Morgan fingerprint density at radius 3 is 2.52 bits per heavy atom. The molecule has 140 valence electrons. The third kappa shape index (κ3) is 4.73. The molecule has 1 saturated heterocycles. The van der Waals surface area contributed by atoms with Crippen molar-refractivity contribution < 1.29 is 19.1 Å². The lowest BCUT2D eigenvalue weighted by molar-refractivity contribution is -0.134. The van der Waals surface area contributed by atoms with Gasteiger partial charge in [0.1, 0.15) is 5.75 Å². The first-order valence-corrected chi connectivity index (χ1v) is 8.99. The maximum Gasteiger partial charge on any atom is 0.312 e. The number of carbonyl (C=O) groups is 3. The van der Waals surface area contributed by atoms with E-state index in [1.54, 1.807) is 41.3 Å². The molecule has 0 spiro atoms. The molecule has 1 heterocycles. The molecule has 3 rings (SSSR count). The van der Waals surface area contributed by atoms with Crippen molar-refractivity contribution >= 4 is 23.5 Å². The van der Waals surface area contributed by atoms with Crippen LogP contribution in [0.15, 0.2) is 48.5 Å². The van der Waals surface area contributed by atoms with Crippen LogP contribution < -0.4 is 15.0 Å². The zero-order valence-electron chi connectivity index (χ0n) is 15.2. The Kier molecular flexibility index (Phi) is 5.86. The fourth-order valence-electron chi connectivity index (χ4n) is 3.00. The van der Waals surface area contributed by atoms with E-state index >= 15 is 0 Å². The molecule has 1 N–H and O–H groups in total. The Bertz CT molecular complexity index is 846. The Morgan fingerprint density at radius 1 is 1.11 bits per heavy atom. The first-order valence-electron chi connectivity index (χ1n) is 8.99. The van der Waals surface area contributed by atoms with Gasteiger partial charge in [-0.3, -0.25) is 14.4 Å². The Morgan fingerprint density at radius 2 is 1.85 bits per heavy atom. The first kappa shape index (κ1) is 18.6. The summed E-state index contributed by atoms with van der Waals surface area (Å²) in [6.45, 7) is 2.79. The summed E-state index contributed by atoms with van der Waals surface area (Å²) >= 11 is 0. The SMILES string of the molecule is Cc1ccccc1C(=O)NCCC(=O)Oc1ccc(N2CCCC2=O)cc1. The van der Waals surface area contributed by atoms with Crippen LogP contribution in [0.3, 0.4) is 0 Å². The van der Waals surface area contributed by atoms with Crippen LogP contribution in [-0.4, -0.2) is 30.9 Å². The molecule has 6 heteroatoms. The molecule has 0 radical (unpaired) electrons. The number of nitrogens with zero attached hydrogens (tertiary/aromatic N) is 1. The quantitative estimate of drug-likeness (QED) is 0.630. The number of anilines is 1. The van der Waals surface area contributed by atoms with E-state index in [2.05, 4.69) is 5.32 Å². The highest BCUT2D eigenvalue weighted by molar-refractivity contribution is 5.96. The zero-order chi connectivity index (χ0) is 19.2. The predicted octanol–water partition coefficient (Wildman–Crippen LogP) is 2.85. The van der Waals surface area contributed by atoms with Crippen molar-refractivity contribution in [1.29, 1.82) is 0 Å². The number of hydrogen-bond donors (Lipinski definition) is 1. The standard InChI is InChI=1S/C21H22N2O4/c1-15-5-2-3-6-18(15)21(26)22-13-12-20(25)27-17-10-8-16(9-11-17)23-14-4-7-19(23)24/h2-3,5-6,8-11H,4,7,12-14H2,1H3,(H,22,26). The molecule has 0 saturated carbocycles. The topological polar surface area (TPSA) is 75.7 Å². The smallest absolute Gasteiger partial charge is 0.312 e. The van der Waals surface area contributed by atoms with Crippen molar-refractivity contribution in [2.24, 2.45) is 0 Å². The van der Waals surface area contributed by atoms with Crippen LogP contribution in [0.25, 0.3) is 0 Å². The molecule has 0 aromatic heterocycles. The van der Waals surface area contributed by atoms with Crippen LogP contribution in [0.4, 0.5) is 5.69 Å². The number of aryl methyl sites for hydroxylation is 1. The molecular formula is C21H22N2O4. The molecule has 2 amide bonds. The van der Waals surface area contributed by atoms with E-state index in [9.17, 15) is 14.4 Å². The van der Waals surface area contributed by atoms with Gasteiger partial charge in [-0.2, -0.15) is 0 Å². The van der Waals surface area contributed by atoms with E-state index in [-0.39, 0.29) is 24.8 Å². The van der Waals surface area contributed by atoms with E-state index in [4.69, 9.17) is 4.74 Å². The van der Waals surface area contributed by atoms with E-state index in [1.807, 2.05) is 19.1 Å². The van der Waals surface area contributed by atoms with E-state index in [0.717, 1.165) is 24.2 Å². The minimum atomic E-state index is -0.426. The first-order chi connectivity index (χ1) is 13.0. The summed E-state index contributed by atoms with van der Waals surface area (Å²) in [5, 5.41) is 2.72. The summed E-state index contributed by atoms with van der Waals surface area (Å²) in [6, 6.07) is 14.2. The highest BCUT2D eigenvalue weighted by atomic mass is 16.5. The second kappa shape index (κ2) is 8.49. The van der Waals surface area contributed by atoms with Crippen molar-refractivity contribution in [3.05, 3.63) is 59.7 Å². The van der Waals surface area contributed by atoms with Gasteiger partial charge < -0.3 is 15.0 Å². The number of rotatable bonds is 6. The minimum Gasteiger partial charge on any atom is -0.426 e. The molecule has 0 atom stereocenters. The molecule has 6 nitrogen and oxygen atoms in total. The van der Waals surface area contributed by atoms with Crippen LogP contribution in [0.2, 0.25) is 0 Å². The summed E-state index contributed by atoms with van der Waals surface area (Å²) in [5.74, 6) is -0.101. The second-order valence-electron chi connectivity index (χ2n) is 6.44. The predicted molar refractivity (Wildman–Crippen MR) is 102 cm³/mol.